The fraction of sp³-hybridized carbons (Fsp3) is 0.500. The Bertz CT molecular complexity index is 404. The maximum atomic E-state index is 6.15. The molecule has 1 saturated carbocycles. The van der Waals surface area contributed by atoms with E-state index in [1.807, 2.05) is 12.1 Å². The molecule has 1 aliphatic heterocycles. The summed E-state index contributed by atoms with van der Waals surface area (Å²) in [5.41, 5.74) is 0.942. The Labute approximate surface area is 99.7 Å². The number of hydrogen-bond donors (Lipinski definition) is 1. The van der Waals surface area contributed by atoms with Gasteiger partial charge in [-0.1, -0.05) is 18.0 Å². The SMILES string of the molecule is Clc1cc2c(cc1NCC1CCC1)OCO2. The van der Waals surface area contributed by atoms with Gasteiger partial charge in [-0.15, -0.1) is 0 Å². The quantitative estimate of drug-likeness (QED) is 0.878. The van der Waals surface area contributed by atoms with Crippen molar-refractivity contribution in [3.63, 3.8) is 0 Å². The van der Waals surface area contributed by atoms with E-state index in [2.05, 4.69) is 5.32 Å². The van der Waals surface area contributed by atoms with E-state index in [0.717, 1.165) is 29.6 Å². The summed E-state index contributed by atoms with van der Waals surface area (Å²) >= 11 is 6.15. The number of anilines is 1. The first-order valence-corrected chi connectivity index (χ1v) is 6.04. The number of rotatable bonds is 3. The molecule has 1 N–H and O–H groups in total. The maximum Gasteiger partial charge on any atom is 0.231 e. The lowest BCUT2D eigenvalue weighted by molar-refractivity contribution is 0.174. The van der Waals surface area contributed by atoms with Crippen LogP contribution in [0.1, 0.15) is 19.3 Å². The van der Waals surface area contributed by atoms with Crippen molar-refractivity contribution in [2.24, 2.45) is 5.92 Å². The molecule has 0 unspecified atom stereocenters. The molecule has 0 aromatic heterocycles. The van der Waals surface area contributed by atoms with Gasteiger partial charge in [0.15, 0.2) is 11.5 Å². The minimum atomic E-state index is 0.289. The van der Waals surface area contributed by atoms with Crippen molar-refractivity contribution in [3.8, 4) is 11.5 Å². The Morgan fingerprint density at radius 2 is 2.00 bits per heavy atom. The first-order valence-electron chi connectivity index (χ1n) is 5.66. The fourth-order valence-electron chi connectivity index (χ4n) is 2.00. The van der Waals surface area contributed by atoms with Crippen molar-refractivity contribution in [1.29, 1.82) is 0 Å². The van der Waals surface area contributed by atoms with Crippen molar-refractivity contribution >= 4 is 17.3 Å². The Hall–Kier alpha value is -1.09. The second-order valence-electron chi connectivity index (χ2n) is 4.36. The minimum Gasteiger partial charge on any atom is -0.454 e. The van der Waals surface area contributed by atoms with Gasteiger partial charge in [0.25, 0.3) is 0 Å². The molecule has 4 heteroatoms. The van der Waals surface area contributed by atoms with Crippen LogP contribution in [-0.4, -0.2) is 13.3 Å². The van der Waals surface area contributed by atoms with E-state index in [4.69, 9.17) is 21.1 Å². The highest BCUT2D eigenvalue weighted by atomic mass is 35.5. The van der Waals surface area contributed by atoms with Crippen molar-refractivity contribution in [1.82, 2.24) is 0 Å². The van der Waals surface area contributed by atoms with E-state index in [1.54, 1.807) is 0 Å². The van der Waals surface area contributed by atoms with Gasteiger partial charge >= 0.3 is 0 Å². The molecule has 1 heterocycles. The largest absolute Gasteiger partial charge is 0.454 e. The number of nitrogens with one attached hydrogen (secondary N) is 1. The van der Waals surface area contributed by atoms with Gasteiger partial charge in [0.1, 0.15) is 0 Å². The van der Waals surface area contributed by atoms with Crippen LogP contribution in [0, 0.1) is 5.92 Å². The van der Waals surface area contributed by atoms with Crippen molar-refractivity contribution in [2.45, 2.75) is 19.3 Å². The van der Waals surface area contributed by atoms with Crippen LogP contribution in [0.4, 0.5) is 5.69 Å². The summed E-state index contributed by atoms with van der Waals surface area (Å²) in [5.74, 6) is 2.32. The summed E-state index contributed by atoms with van der Waals surface area (Å²) < 4.78 is 10.6. The molecule has 2 aliphatic rings. The molecule has 3 rings (SSSR count). The number of fused-ring (bicyclic) bond motifs is 1. The van der Waals surface area contributed by atoms with E-state index >= 15 is 0 Å². The normalized spacial score (nSPS) is 18.3. The summed E-state index contributed by atoms with van der Waals surface area (Å²) in [6.45, 7) is 1.29. The van der Waals surface area contributed by atoms with Crippen LogP contribution in [0.15, 0.2) is 12.1 Å². The standard InChI is InChI=1S/C12H14ClNO2/c13-9-4-11-12(16-7-15-11)5-10(9)14-6-8-2-1-3-8/h4-5,8,14H,1-3,6-7H2. The molecular formula is C12H14ClNO2. The van der Waals surface area contributed by atoms with Gasteiger partial charge in [0.2, 0.25) is 6.79 Å². The highest BCUT2D eigenvalue weighted by molar-refractivity contribution is 6.33. The van der Waals surface area contributed by atoms with Crippen molar-refractivity contribution in [2.75, 3.05) is 18.7 Å². The van der Waals surface area contributed by atoms with Crippen LogP contribution in [0.3, 0.4) is 0 Å². The maximum absolute atomic E-state index is 6.15. The predicted molar refractivity (Wildman–Crippen MR) is 63.4 cm³/mol. The van der Waals surface area contributed by atoms with Crippen LogP contribution in [-0.2, 0) is 0 Å². The zero-order valence-corrected chi connectivity index (χ0v) is 9.72. The zero-order chi connectivity index (χ0) is 11.0. The lowest BCUT2D eigenvalue weighted by atomic mass is 9.85. The number of ether oxygens (including phenoxy) is 2. The van der Waals surface area contributed by atoms with E-state index in [9.17, 15) is 0 Å². The molecule has 1 aromatic rings. The molecular weight excluding hydrogens is 226 g/mol. The Balaban J connectivity index is 1.73. The highest BCUT2D eigenvalue weighted by Gasteiger charge is 2.19. The molecule has 0 amide bonds. The Morgan fingerprint density at radius 3 is 2.69 bits per heavy atom. The van der Waals surface area contributed by atoms with E-state index in [1.165, 1.54) is 19.3 Å². The average molecular weight is 240 g/mol. The summed E-state index contributed by atoms with van der Waals surface area (Å²) in [6, 6.07) is 3.73. The Morgan fingerprint density at radius 1 is 1.25 bits per heavy atom. The van der Waals surface area contributed by atoms with Gasteiger partial charge in [-0.25, -0.2) is 0 Å². The third kappa shape index (κ3) is 1.80. The monoisotopic (exact) mass is 239 g/mol. The zero-order valence-electron chi connectivity index (χ0n) is 8.96. The summed E-state index contributed by atoms with van der Waals surface area (Å²) in [7, 11) is 0. The predicted octanol–water partition coefficient (Wildman–Crippen LogP) is 3.28. The smallest absolute Gasteiger partial charge is 0.231 e. The number of hydrogen-bond acceptors (Lipinski definition) is 3. The minimum absolute atomic E-state index is 0.289. The molecule has 0 saturated heterocycles. The van der Waals surface area contributed by atoms with Crippen LogP contribution in [0.25, 0.3) is 0 Å². The lowest BCUT2D eigenvalue weighted by Crippen LogP contribution is -2.20. The molecule has 0 bridgehead atoms. The van der Waals surface area contributed by atoms with Crippen LogP contribution in [0.2, 0.25) is 5.02 Å². The Kier molecular flexibility index (Phi) is 2.56. The molecule has 16 heavy (non-hydrogen) atoms. The number of benzene rings is 1. The lowest BCUT2D eigenvalue weighted by Gasteiger charge is -2.26. The van der Waals surface area contributed by atoms with E-state index in [-0.39, 0.29) is 6.79 Å². The highest BCUT2D eigenvalue weighted by Crippen LogP contribution is 2.39. The fourth-order valence-corrected chi connectivity index (χ4v) is 2.22. The van der Waals surface area contributed by atoms with E-state index < -0.39 is 0 Å². The molecule has 1 fully saturated rings. The molecule has 0 spiro atoms. The first-order chi connectivity index (χ1) is 7.83. The van der Waals surface area contributed by atoms with Gasteiger partial charge in [0, 0.05) is 18.7 Å². The van der Waals surface area contributed by atoms with Gasteiger partial charge in [-0.05, 0) is 18.8 Å². The molecule has 0 radical (unpaired) electrons. The summed E-state index contributed by atoms with van der Waals surface area (Å²) in [5, 5.41) is 4.07. The summed E-state index contributed by atoms with van der Waals surface area (Å²) in [6.07, 6.45) is 4.02. The van der Waals surface area contributed by atoms with Gasteiger partial charge in [-0.2, -0.15) is 0 Å². The van der Waals surface area contributed by atoms with E-state index in [0.29, 0.717) is 5.02 Å². The third-order valence-corrected chi connectivity index (χ3v) is 3.58. The second kappa shape index (κ2) is 4.06. The molecule has 0 atom stereocenters. The third-order valence-electron chi connectivity index (χ3n) is 3.27. The topological polar surface area (TPSA) is 30.5 Å². The molecule has 86 valence electrons. The number of halogens is 1. The first kappa shape index (κ1) is 10.1. The van der Waals surface area contributed by atoms with Gasteiger partial charge in [0.05, 0.1) is 10.7 Å². The van der Waals surface area contributed by atoms with Crippen molar-refractivity contribution < 1.29 is 9.47 Å². The second-order valence-corrected chi connectivity index (χ2v) is 4.77. The van der Waals surface area contributed by atoms with Gasteiger partial charge in [-0.3, -0.25) is 0 Å². The molecule has 3 nitrogen and oxygen atoms in total. The van der Waals surface area contributed by atoms with Crippen LogP contribution >= 0.6 is 11.6 Å². The summed E-state index contributed by atoms with van der Waals surface area (Å²) in [4.78, 5) is 0. The van der Waals surface area contributed by atoms with Crippen LogP contribution in [0.5, 0.6) is 11.5 Å². The average Bonchev–Trinajstić information content (AvgIpc) is 2.62. The van der Waals surface area contributed by atoms with Crippen LogP contribution < -0.4 is 14.8 Å². The van der Waals surface area contributed by atoms with Crippen molar-refractivity contribution in [3.05, 3.63) is 17.2 Å². The molecule has 1 aliphatic carbocycles. The van der Waals surface area contributed by atoms with Gasteiger partial charge < -0.3 is 14.8 Å². The molecule has 1 aromatic carbocycles.